The van der Waals surface area contributed by atoms with Crippen LogP contribution in [0.25, 0.3) is 6.08 Å². The summed E-state index contributed by atoms with van der Waals surface area (Å²) in [5.74, 6) is 0.0419. The van der Waals surface area contributed by atoms with Gasteiger partial charge in [-0.2, -0.15) is 15.8 Å². The quantitative estimate of drug-likeness (QED) is 0.0459. The third-order valence-electron chi connectivity index (χ3n) is 13.8. The van der Waals surface area contributed by atoms with E-state index in [0.29, 0.717) is 5.57 Å². The number of ether oxygens (including phenoxy) is 1. The number of unbranched alkanes of at least 4 members (excludes halogenated alkanes) is 2. The minimum Gasteiger partial charge on any atom is -0.480 e. The molecule has 340 valence electrons. The van der Waals surface area contributed by atoms with Gasteiger partial charge in [-0.15, -0.1) is 0 Å². The Labute approximate surface area is 409 Å². The van der Waals surface area contributed by atoms with Crippen LogP contribution in [0.5, 0.6) is 0 Å². The minimum atomic E-state index is -0.884. The highest BCUT2D eigenvalue weighted by Crippen LogP contribution is 2.45. The highest BCUT2D eigenvalue weighted by atomic mass is 16.5. The number of hydrogen-bond acceptors (Lipinski definition) is 5. The highest BCUT2D eigenvalue weighted by Gasteiger charge is 2.39. The third kappa shape index (κ3) is 10.2. The molecular weight excluding hydrogens is 841 g/mol. The zero-order chi connectivity index (χ0) is 47.9. The Bertz CT molecular complexity index is 2650. The molecule has 0 aliphatic carbocycles. The molecule has 0 saturated heterocycles. The van der Waals surface area contributed by atoms with E-state index in [2.05, 4.69) is 217 Å². The van der Waals surface area contributed by atoms with Crippen LogP contribution in [0.2, 0.25) is 0 Å². The molecule has 0 spiro atoms. The van der Waals surface area contributed by atoms with Crippen LogP contribution in [-0.4, -0.2) is 18.7 Å². The number of hydrogen-bond donors (Lipinski definition) is 0. The topological polar surface area (TPSA) is 83.8 Å². The van der Waals surface area contributed by atoms with Crippen molar-refractivity contribution in [3.63, 3.8) is 0 Å². The van der Waals surface area contributed by atoms with E-state index in [0.717, 1.165) is 62.9 Å². The Morgan fingerprint density at radius 1 is 0.478 bits per heavy atom. The second kappa shape index (κ2) is 22.1. The van der Waals surface area contributed by atoms with Crippen molar-refractivity contribution in [3.8, 4) is 18.2 Å². The Morgan fingerprint density at radius 3 is 1.14 bits per heavy atom. The predicted molar refractivity (Wildman–Crippen MR) is 280 cm³/mol. The van der Waals surface area contributed by atoms with Crippen LogP contribution in [0, 0.1) is 34.0 Å². The third-order valence-corrected chi connectivity index (χ3v) is 13.8. The molecule has 0 N–H and O–H groups in total. The van der Waals surface area contributed by atoms with E-state index >= 15 is 0 Å². The summed E-state index contributed by atoms with van der Waals surface area (Å²) < 4.78 is 6.01. The van der Waals surface area contributed by atoms with Crippen LogP contribution in [0.4, 0.5) is 5.69 Å². The molecule has 0 bridgehead atoms. The van der Waals surface area contributed by atoms with Crippen molar-refractivity contribution in [1.82, 2.24) is 0 Å². The molecule has 69 heavy (non-hydrogen) atoms. The largest absolute Gasteiger partial charge is 0.480 e. The average Bonchev–Trinajstić information content (AvgIpc) is 3.67. The molecular formula is C64H58N4O. The number of allylic oxidation sites excluding steroid dienone is 2. The molecule has 7 aromatic rings. The van der Waals surface area contributed by atoms with Gasteiger partial charge in [0, 0.05) is 35.2 Å². The van der Waals surface area contributed by atoms with Gasteiger partial charge in [0.05, 0.1) is 0 Å². The first-order valence-electron chi connectivity index (χ1n) is 24.1. The standard InChI is InChI=1S/C64H58N4O/c1-62(2)60(59(49-67)61(69-62)51(47-65)48-66)42-39-50-37-40-58(41-38-50)68(45-23-21-43-63(52-25-9-3-10-26-52,53-27-11-4-12-28-53)54-29-13-5-14-30-54)46-24-22-44-64(55-31-15-6-16-32-55,56-33-17-7-18-34-56)57-35-19-8-20-36-57/h3-20,25-42H,21-24,43-46H2,1-2H3/b42-39+. The lowest BCUT2D eigenvalue weighted by Gasteiger charge is -2.37. The van der Waals surface area contributed by atoms with Crippen molar-refractivity contribution in [2.24, 2.45) is 0 Å². The number of nitriles is 3. The van der Waals surface area contributed by atoms with Crippen molar-refractivity contribution in [3.05, 3.63) is 274 Å². The van der Waals surface area contributed by atoms with Gasteiger partial charge in [-0.3, -0.25) is 0 Å². The molecule has 8 rings (SSSR count). The van der Waals surface area contributed by atoms with E-state index in [1.165, 1.54) is 33.4 Å². The number of nitrogens with zero attached hydrogens (tertiary/aromatic N) is 4. The first kappa shape index (κ1) is 47.3. The molecule has 1 heterocycles. The molecule has 5 heteroatoms. The van der Waals surface area contributed by atoms with Crippen LogP contribution in [0.3, 0.4) is 0 Å². The Hall–Kier alpha value is -8.17. The first-order valence-corrected chi connectivity index (χ1v) is 24.1. The van der Waals surface area contributed by atoms with E-state index in [9.17, 15) is 15.8 Å². The molecule has 0 unspecified atom stereocenters. The minimum absolute atomic E-state index is 0.0419. The van der Waals surface area contributed by atoms with Crippen molar-refractivity contribution < 1.29 is 4.74 Å². The second-order valence-corrected chi connectivity index (χ2v) is 18.3. The molecule has 0 aromatic heterocycles. The summed E-state index contributed by atoms with van der Waals surface area (Å²) in [5, 5.41) is 29.2. The summed E-state index contributed by atoms with van der Waals surface area (Å²) in [6.07, 6.45) is 9.79. The van der Waals surface area contributed by atoms with Crippen molar-refractivity contribution >= 4 is 11.8 Å². The summed E-state index contributed by atoms with van der Waals surface area (Å²) >= 11 is 0. The zero-order valence-corrected chi connectivity index (χ0v) is 39.6. The fraction of sp³-hybridized carbons (Fsp3) is 0.203. The van der Waals surface area contributed by atoms with Gasteiger partial charge in [0.15, 0.2) is 11.3 Å². The number of rotatable bonds is 19. The van der Waals surface area contributed by atoms with Crippen molar-refractivity contribution in [2.75, 3.05) is 18.0 Å². The summed E-state index contributed by atoms with van der Waals surface area (Å²) in [5.41, 5.74) is 9.07. The fourth-order valence-corrected chi connectivity index (χ4v) is 10.4. The lowest BCUT2D eigenvalue weighted by molar-refractivity contribution is 0.0954. The van der Waals surface area contributed by atoms with Gasteiger partial charge in [0.1, 0.15) is 29.4 Å². The normalized spacial score (nSPS) is 13.3. The summed E-state index contributed by atoms with van der Waals surface area (Å²) in [4.78, 5) is 2.56. The Balaban J connectivity index is 1.08. The Morgan fingerprint density at radius 2 is 0.826 bits per heavy atom. The second-order valence-electron chi connectivity index (χ2n) is 18.3. The summed E-state index contributed by atoms with van der Waals surface area (Å²) in [6, 6.07) is 80.6. The smallest absolute Gasteiger partial charge is 0.172 e. The average molecular weight is 899 g/mol. The Kier molecular flexibility index (Phi) is 15.1. The lowest BCUT2D eigenvalue weighted by Crippen LogP contribution is -2.31. The van der Waals surface area contributed by atoms with Gasteiger partial charge >= 0.3 is 0 Å². The molecule has 5 nitrogen and oxygen atoms in total. The summed E-state index contributed by atoms with van der Waals surface area (Å²) in [7, 11) is 0. The molecule has 0 saturated carbocycles. The first-order chi connectivity index (χ1) is 33.8. The monoisotopic (exact) mass is 898 g/mol. The molecule has 0 atom stereocenters. The van der Waals surface area contributed by atoms with Gasteiger partial charge < -0.3 is 9.64 Å². The van der Waals surface area contributed by atoms with E-state index in [1.54, 1.807) is 0 Å². The molecule has 1 aliphatic heterocycles. The van der Waals surface area contributed by atoms with Crippen LogP contribution < -0.4 is 4.90 Å². The zero-order valence-electron chi connectivity index (χ0n) is 39.6. The van der Waals surface area contributed by atoms with Gasteiger partial charge in [0.2, 0.25) is 0 Å². The van der Waals surface area contributed by atoms with Crippen LogP contribution in [0.1, 0.15) is 91.3 Å². The van der Waals surface area contributed by atoms with E-state index in [1.807, 2.05) is 38.1 Å². The van der Waals surface area contributed by atoms with Gasteiger partial charge in [-0.25, -0.2) is 0 Å². The van der Waals surface area contributed by atoms with E-state index < -0.39 is 5.60 Å². The van der Waals surface area contributed by atoms with E-state index in [4.69, 9.17) is 4.74 Å². The molecule has 7 aromatic carbocycles. The SMILES string of the molecule is CC1(C)OC(=C(C#N)C#N)C(C#N)=C1/C=C/c1ccc(N(CCCCC(c2ccccc2)(c2ccccc2)c2ccccc2)CCCCC(c2ccccc2)(c2ccccc2)c2ccccc2)cc1. The molecule has 0 fully saturated rings. The fourth-order valence-electron chi connectivity index (χ4n) is 10.4. The number of anilines is 1. The van der Waals surface area contributed by atoms with Crippen molar-refractivity contribution in [2.45, 2.75) is 68.8 Å². The number of benzene rings is 7. The molecule has 0 radical (unpaired) electrons. The van der Waals surface area contributed by atoms with Gasteiger partial charge in [0.25, 0.3) is 0 Å². The van der Waals surface area contributed by atoms with Gasteiger partial charge in [-0.05, 0) is 90.6 Å². The maximum Gasteiger partial charge on any atom is 0.172 e. The van der Waals surface area contributed by atoms with Crippen molar-refractivity contribution in [1.29, 1.82) is 15.8 Å². The molecule has 1 aliphatic rings. The maximum atomic E-state index is 10.1. The molecule has 0 amide bonds. The van der Waals surface area contributed by atoms with Crippen LogP contribution in [0.15, 0.2) is 235 Å². The van der Waals surface area contributed by atoms with Crippen LogP contribution >= 0.6 is 0 Å². The summed E-state index contributed by atoms with van der Waals surface area (Å²) in [6.45, 7) is 5.48. The lowest BCUT2D eigenvalue weighted by atomic mass is 9.66. The highest BCUT2D eigenvalue weighted by molar-refractivity contribution is 5.65. The van der Waals surface area contributed by atoms with Gasteiger partial charge in [-0.1, -0.05) is 219 Å². The maximum absolute atomic E-state index is 10.1. The van der Waals surface area contributed by atoms with E-state index in [-0.39, 0.29) is 27.7 Å². The predicted octanol–water partition coefficient (Wildman–Crippen LogP) is 14.8. The van der Waals surface area contributed by atoms with Crippen LogP contribution in [-0.2, 0) is 15.6 Å².